The van der Waals surface area contributed by atoms with Gasteiger partial charge in [0.1, 0.15) is 0 Å². The largest absolute Gasteiger partial charge is 0.396 e. The van der Waals surface area contributed by atoms with Gasteiger partial charge in [0, 0.05) is 31.0 Å². The molecular formula is C9H15N3O2. The highest BCUT2D eigenvalue weighted by atomic mass is 16.3. The van der Waals surface area contributed by atoms with Crippen LogP contribution in [0.25, 0.3) is 0 Å². The second-order valence-electron chi connectivity index (χ2n) is 3.94. The van der Waals surface area contributed by atoms with Gasteiger partial charge < -0.3 is 15.4 Å². The average Bonchev–Trinajstić information content (AvgIpc) is 2.17. The highest BCUT2D eigenvalue weighted by molar-refractivity contribution is 5.30. The molecule has 3 N–H and O–H groups in total. The molecule has 0 aromatic carbocycles. The van der Waals surface area contributed by atoms with E-state index < -0.39 is 0 Å². The molecule has 1 aromatic heterocycles. The van der Waals surface area contributed by atoms with Crippen molar-refractivity contribution >= 4 is 5.82 Å². The summed E-state index contributed by atoms with van der Waals surface area (Å²) in [6.45, 7) is 4.36. The normalized spacial score (nSPS) is 11.4. The summed E-state index contributed by atoms with van der Waals surface area (Å²) in [5.41, 5.74) is -0.509. The molecule has 0 spiro atoms. The second-order valence-corrected chi connectivity index (χ2v) is 3.94. The van der Waals surface area contributed by atoms with Crippen LogP contribution in [-0.2, 0) is 0 Å². The third-order valence-electron chi connectivity index (χ3n) is 1.87. The number of H-pyrrole nitrogens is 1. The van der Waals surface area contributed by atoms with Crippen LogP contribution in [0.1, 0.15) is 13.8 Å². The molecule has 0 bridgehead atoms. The number of nitrogens with one attached hydrogen (secondary N) is 2. The molecule has 0 radical (unpaired) electrons. The number of aromatic amines is 1. The number of hydrogen-bond acceptors (Lipinski definition) is 4. The fourth-order valence-corrected chi connectivity index (χ4v) is 0.857. The van der Waals surface area contributed by atoms with Crippen molar-refractivity contribution in [3.63, 3.8) is 0 Å². The van der Waals surface area contributed by atoms with Gasteiger partial charge >= 0.3 is 0 Å². The summed E-state index contributed by atoms with van der Waals surface area (Å²) in [6.07, 6.45) is 2.99. The van der Waals surface area contributed by atoms with Crippen LogP contribution in [0.4, 0.5) is 5.82 Å². The molecule has 0 saturated carbocycles. The lowest BCUT2D eigenvalue weighted by Gasteiger charge is -2.21. The van der Waals surface area contributed by atoms with Crippen molar-refractivity contribution < 1.29 is 5.11 Å². The van der Waals surface area contributed by atoms with Gasteiger partial charge in [0.15, 0.2) is 5.82 Å². The van der Waals surface area contributed by atoms with Gasteiger partial charge in [-0.1, -0.05) is 13.8 Å². The fraction of sp³-hybridized carbons (Fsp3) is 0.556. The predicted octanol–water partition coefficient (Wildman–Crippen LogP) is 0.200. The van der Waals surface area contributed by atoms with E-state index in [0.717, 1.165) is 0 Å². The van der Waals surface area contributed by atoms with Crippen molar-refractivity contribution in [1.82, 2.24) is 9.97 Å². The minimum absolute atomic E-state index is 0.0603. The number of anilines is 1. The van der Waals surface area contributed by atoms with Crippen LogP contribution >= 0.6 is 0 Å². The molecule has 78 valence electrons. The molecule has 0 saturated heterocycles. The Hall–Kier alpha value is -1.36. The SMILES string of the molecule is CC(C)(CO)CNc1ncc[nH]c1=O. The van der Waals surface area contributed by atoms with Gasteiger partial charge in [0.25, 0.3) is 5.56 Å². The van der Waals surface area contributed by atoms with Crippen molar-refractivity contribution in [2.24, 2.45) is 5.41 Å². The van der Waals surface area contributed by atoms with E-state index in [1.165, 1.54) is 12.4 Å². The lowest BCUT2D eigenvalue weighted by molar-refractivity contribution is 0.170. The third-order valence-corrected chi connectivity index (χ3v) is 1.87. The van der Waals surface area contributed by atoms with Crippen molar-refractivity contribution in [3.8, 4) is 0 Å². The number of hydrogen-bond donors (Lipinski definition) is 3. The van der Waals surface area contributed by atoms with Crippen LogP contribution < -0.4 is 10.9 Å². The maximum absolute atomic E-state index is 11.2. The van der Waals surface area contributed by atoms with E-state index in [9.17, 15) is 4.79 Å². The number of aliphatic hydroxyl groups excluding tert-OH is 1. The van der Waals surface area contributed by atoms with E-state index in [0.29, 0.717) is 6.54 Å². The average molecular weight is 197 g/mol. The Bertz CT molecular complexity index is 346. The van der Waals surface area contributed by atoms with E-state index >= 15 is 0 Å². The van der Waals surface area contributed by atoms with Gasteiger partial charge in [-0.05, 0) is 0 Å². The fourth-order valence-electron chi connectivity index (χ4n) is 0.857. The summed E-state index contributed by atoms with van der Waals surface area (Å²) >= 11 is 0. The summed E-state index contributed by atoms with van der Waals surface area (Å²) in [5.74, 6) is 0.286. The molecule has 14 heavy (non-hydrogen) atoms. The lowest BCUT2D eigenvalue weighted by atomic mass is 9.95. The molecule has 0 aliphatic rings. The Labute approximate surface area is 82.2 Å². The summed E-state index contributed by atoms with van der Waals surface area (Å²) in [6, 6.07) is 0. The van der Waals surface area contributed by atoms with Crippen LogP contribution in [0.15, 0.2) is 17.2 Å². The van der Waals surface area contributed by atoms with E-state index in [2.05, 4.69) is 15.3 Å². The van der Waals surface area contributed by atoms with E-state index in [1.54, 1.807) is 0 Å². The Balaban J connectivity index is 2.63. The zero-order chi connectivity index (χ0) is 10.6. The number of nitrogens with zero attached hydrogens (tertiary/aromatic N) is 1. The highest BCUT2D eigenvalue weighted by Crippen LogP contribution is 2.12. The molecule has 5 nitrogen and oxygen atoms in total. The van der Waals surface area contributed by atoms with E-state index in [1.807, 2.05) is 13.8 Å². The van der Waals surface area contributed by atoms with Crippen molar-refractivity contribution in [2.75, 3.05) is 18.5 Å². The molecule has 0 atom stereocenters. The quantitative estimate of drug-likeness (QED) is 0.644. The van der Waals surface area contributed by atoms with Crippen molar-refractivity contribution in [2.45, 2.75) is 13.8 Å². The molecular weight excluding hydrogens is 182 g/mol. The summed E-state index contributed by atoms with van der Waals surface area (Å²) in [4.78, 5) is 17.6. The first-order valence-corrected chi connectivity index (χ1v) is 4.43. The monoisotopic (exact) mass is 197 g/mol. The van der Waals surface area contributed by atoms with Crippen molar-refractivity contribution in [3.05, 3.63) is 22.7 Å². The topological polar surface area (TPSA) is 78.0 Å². The van der Waals surface area contributed by atoms with Crippen LogP contribution in [-0.4, -0.2) is 28.2 Å². The first-order chi connectivity index (χ1) is 6.55. The number of rotatable bonds is 4. The molecule has 1 heterocycles. The maximum atomic E-state index is 11.2. The molecule has 1 aromatic rings. The molecule has 0 aliphatic carbocycles. The maximum Gasteiger partial charge on any atom is 0.290 e. The Morgan fingerprint density at radius 3 is 2.93 bits per heavy atom. The first-order valence-electron chi connectivity index (χ1n) is 4.43. The third kappa shape index (κ3) is 2.85. The number of aliphatic hydroxyl groups is 1. The predicted molar refractivity (Wildman–Crippen MR) is 54.2 cm³/mol. The standard InChI is InChI=1S/C9H15N3O2/c1-9(2,6-13)5-12-7-8(14)11-4-3-10-7/h3-4,13H,5-6H2,1-2H3,(H,10,12)(H,11,14). The lowest BCUT2D eigenvalue weighted by Crippen LogP contribution is -2.29. The summed E-state index contributed by atoms with van der Waals surface area (Å²) in [5, 5.41) is 11.9. The van der Waals surface area contributed by atoms with Gasteiger partial charge in [-0.15, -0.1) is 0 Å². The highest BCUT2D eigenvalue weighted by Gasteiger charge is 2.16. The molecule has 5 heteroatoms. The van der Waals surface area contributed by atoms with Gasteiger partial charge in [-0.3, -0.25) is 4.79 Å². The Morgan fingerprint density at radius 1 is 1.64 bits per heavy atom. The smallest absolute Gasteiger partial charge is 0.290 e. The molecule has 0 amide bonds. The van der Waals surface area contributed by atoms with Crippen LogP contribution in [0.5, 0.6) is 0 Å². The molecule has 0 fully saturated rings. The van der Waals surface area contributed by atoms with Crippen LogP contribution in [0.2, 0.25) is 0 Å². The van der Waals surface area contributed by atoms with Crippen molar-refractivity contribution in [1.29, 1.82) is 0 Å². The Kier molecular flexibility index (Phi) is 3.24. The summed E-state index contributed by atoms with van der Waals surface area (Å²) < 4.78 is 0. The van der Waals surface area contributed by atoms with E-state index in [4.69, 9.17) is 5.11 Å². The van der Waals surface area contributed by atoms with Gasteiger partial charge in [0.05, 0.1) is 0 Å². The Morgan fingerprint density at radius 2 is 2.36 bits per heavy atom. The van der Waals surface area contributed by atoms with Gasteiger partial charge in [0.2, 0.25) is 0 Å². The molecule has 0 aliphatic heterocycles. The minimum atomic E-state index is -0.260. The minimum Gasteiger partial charge on any atom is -0.396 e. The summed E-state index contributed by atoms with van der Waals surface area (Å²) in [7, 11) is 0. The zero-order valence-electron chi connectivity index (χ0n) is 8.37. The zero-order valence-corrected chi connectivity index (χ0v) is 8.37. The van der Waals surface area contributed by atoms with Crippen LogP contribution in [0.3, 0.4) is 0 Å². The second kappa shape index (κ2) is 4.23. The molecule has 1 rings (SSSR count). The van der Waals surface area contributed by atoms with Gasteiger partial charge in [-0.2, -0.15) is 0 Å². The van der Waals surface area contributed by atoms with Crippen LogP contribution in [0, 0.1) is 5.41 Å². The number of aromatic nitrogens is 2. The molecule has 0 unspecified atom stereocenters. The van der Waals surface area contributed by atoms with E-state index in [-0.39, 0.29) is 23.4 Å². The first kappa shape index (κ1) is 10.7. The van der Waals surface area contributed by atoms with Gasteiger partial charge in [-0.25, -0.2) is 4.98 Å².